The van der Waals surface area contributed by atoms with Crippen molar-refractivity contribution in [3.05, 3.63) is 29.2 Å². The number of fused-ring (bicyclic) bond motifs is 1. The molecule has 0 aliphatic heterocycles. The average molecular weight is 313 g/mol. The van der Waals surface area contributed by atoms with Crippen molar-refractivity contribution in [2.24, 2.45) is 5.92 Å². The molecule has 0 atom stereocenters. The minimum atomic E-state index is -0.983. The molecule has 122 valence electrons. The Hall–Kier alpha value is -1.91. The lowest BCUT2D eigenvalue weighted by molar-refractivity contribution is 0.0690. The van der Waals surface area contributed by atoms with Crippen LogP contribution in [0.3, 0.4) is 0 Å². The van der Waals surface area contributed by atoms with Crippen molar-refractivity contribution in [1.29, 1.82) is 0 Å². The van der Waals surface area contributed by atoms with Gasteiger partial charge in [0, 0.05) is 23.4 Å². The van der Waals surface area contributed by atoms with Crippen LogP contribution >= 0.6 is 0 Å². The van der Waals surface area contributed by atoms with Gasteiger partial charge in [-0.25, -0.2) is 14.3 Å². The highest BCUT2D eigenvalue weighted by Gasteiger charge is 2.25. The van der Waals surface area contributed by atoms with Crippen LogP contribution in [-0.4, -0.2) is 25.7 Å². The van der Waals surface area contributed by atoms with Crippen LogP contribution in [0.5, 0.6) is 0 Å². The summed E-state index contributed by atoms with van der Waals surface area (Å²) in [6, 6.07) is 3.79. The van der Waals surface area contributed by atoms with Crippen LogP contribution in [0.1, 0.15) is 79.2 Å². The molecular formula is C18H23N3O2. The Kier molecular flexibility index (Phi) is 3.79. The molecule has 5 heteroatoms. The minimum Gasteiger partial charge on any atom is -0.476 e. The molecule has 2 fully saturated rings. The Morgan fingerprint density at radius 1 is 1.13 bits per heavy atom. The Bertz CT molecular complexity index is 727. The smallest absolute Gasteiger partial charge is 0.356 e. The molecule has 0 radical (unpaired) electrons. The Morgan fingerprint density at radius 2 is 1.91 bits per heavy atom. The van der Waals surface area contributed by atoms with Gasteiger partial charge in [0.25, 0.3) is 0 Å². The minimum absolute atomic E-state index is 0.0906. The number of aromatic nitrogens is 3. The van der Waals surface area contributed by atoms with Crippen molar-refractivity contribution in [3.8, 4) is 0 Å². The first-order valence-corrected chi connectivity index (χ1v) is 8.83. The summed E-state index contributed by atoms with van der Waals surface area (Å²) in [6.07, 6.45) is 11.2. The molecule has 0 bridgehead atoms. The standard InChI is InChI=1S/C18H23N3O2/c22-18(23)15-11-17-19-14(9-12-5-2-1-3-6-12)10-16(21(17)20-15)13-7-4-8-13/h10-13H,1-9H2,(H,22,23). The molecule has 0 spiro atoms. The number of aromatic carboxylic acids is 1. The normalized spacial score (nSPS) is 19.8. The molecule has 2 aliphatic rings. The maximum absolute atomic E-state index is 11.2. The Labute approximate surface area is 135 Å². The van der Waals surface area contributed by atoms with Crippen molar-refractivity contribution in [2.45, 2.75) is 63.7 Å². The van der Waals surface area contributed by atoms with Gasteiger partial charge in [-0.05, 0) is 31.2 Å². The number of rotatable bonds is 4. The topological polar surface area (TPSA) is 67.5 Å². The highest BCUT2D eigenvalue weighted by molar-refractivity contribution is 5.86. The number of hydrogen-bond donors (Lipinski definition) is 1. The molecule has 2 saturated carbocycles. The summed E-state index contributed by atoms with van der Waals surface area (Å²) in [5, 5.41) is 13.5. The van der Waals surface area contributed by atoms with Gasteiger partial charge in [0.2, 0.25) is 0 Å². The highest BCUT2D eigenvalue weighted by Crippen LogP contribution is 2.37. The number of nitrogens with zero attached hydrogens (tertiary/aromatic N) is 3. The molecule has 0 amide bonds. The largest absolute Gasteiger partial charge is 0.476 e. The van der Waals surface area contributed by atoms with Crippen molar-refractivity contribution < 1.29 is 9.90 Å². The third-order valence-electron chi connectivity index (χ3n) is 5.47. The number of carbonyl (C=O) groups is 1. The van der Waals surface area contributed by atoms with E-state index in [-0.39, 0.29) is 5.69 Å². The van der Waals surface area contributed by atoms with Crippen LogP contribution in [0.15, 0.2) is 12.1 Å². The van der Waals surface area contributed by atoms with Crippen molar-refractivity contribution in [1.82, 2.24) is 14.6 Å². The number of carboxylic acids is 1. The van der Waals surface area contributed by atoms with E-state index in [1.807, 2.05) is 0 Å². The first kappa shape index (κ1) is 14.7. The van der Waals surface area contributed by atoms with E-state index in [1.165, 1.54) is 51.4 Å². The van der Waals surface area contributed by atoms with Gasteiger partial charge in [0.1, 0.15) is 0 Å². The predicted octanol–water partition coefficient (Wildman–Crippen LogP) is 3.82. The van der Waals surface area contributed by atoms with E-state index in [1.54, 1.807) is 10.6 Å². The van der Waals surface area contributed by atoms with Gasteiger partial charge < -0.3 is 5.11 Å². The molecule has 23 heavy (non-hydrogen) atoms. The van der Waals surface area contributed by atoms with Crippen molar-refractivity contribution >= 4 is 11.6 Å². The number of carboxylic acid groups (broad SMARTS) is 1. The fraction of sp³-hybridized carbons (Fsp3) is 0.611. The average Bonchev–Trinajstić information content (AvgIpc) is 2.91. The summed E-state index contributed by atoms with van der Waals surface area (Å²) < 4.78 is 1.76. The van der Waals surface area contributed by atoms with E-state index < -0.39 is 5.97 Å². The molecule has 2 heterocycles. The van der Waals surface area contributed by atoms with Gasteiger partial charge in [-0.2, -0.15) is 5.10 Å². The van der Waals surface area contributed by atoms with Crippen molar-refractivity contribution in [2.75, 3.05) is 0 Å². The van der Waals surface area contributed by atoms with Crippen LogP contribution in [-0.2, 0) is 6.42 Å². The second-order valence-electron chi connectivity index (χ2n) is 7.11. The zero-order valence-corrected chi connectivity index (χ0v) is 13.4. The molecule has 2 aromatic heterocycles. The summed E-state index contributed by atoms with van der Waals surface area (Å²) in [5.74, 6) is 0.255. The molecule has 0 saturated heterocycles. The predicted molar refractivity (Wildman–Crippen MR) is 86.8 cm³/mol. The fourth-order valence-corrected chi connectivity index (χ4v) is 3.94. The van der Waals surface area contributed by atoms with Gasteiger partial charge in [0.05, 0.1) is 0 Å². The lowest BCUT2D eigenvalue weighted by Crippen LogP contribution is -2.17. The number of hydrogen-bond acceptors (Lipinski definition) is 3. The molecule has 0 unspecified atom stereocenters. The fourth-order valence-electron chi connectivity index (χ4n) is 3.94. The molecular weight excluding hydrogens is 290 g/mol. The van der Waals surface area contributed by atoms with Crippen LogP contribution in [0.2, 0.25) is 0 Å². The third kappa shape index (κ3) is 2.84. The van der Waals surface area contributed by atoms with Crippen molar-refractivity contribution in [3.63, 3.8) is 0 Å². The summed E-state index contributed by atoms with van der Waals surface area (Å²) in [5.41, 5.74) is 3.05. The first-order valence-electron chi connectivity index (χ1n) is 8.83. The van der Waals surface area contributed by atoms with Gasteiger partial charge >= 0.3 is 5.97 Å². The summed E-state index contributed by atoms with van der Waals surface area (Å²) >= 11 is 0. The second-order valence-corrected chi connectivity index (χ2v) is 7.11. The summed E-state index contributed by atoms with van der Waals surface area (Å²) in [7, 11) is 0. The molecule has 2 aliphatic carbocycles. The summed E-state index contributed by atoms with van der Waals surface area (Å²) in [6.45, 7) is 0. The maximum atomic E-state index is 11.2. The zero-order valence-electron chi connectivity index (χ0n) is 13.4. The monoisotopic (exact) mass is 313 g/mol. The van der Waals surface area contributed by atoms with Crippen LogP contribution in [0, 0.1) is 5.92 Å². The molecule has 1 N–H and O–H groups in total. The van der Waals surface area contributed by atoms with Gasteiger partial charge in [-0.15, -0.1) is 0 Å². The maximum Gasteiger partial charge on any atom is 0.356 e. The van der Waals surface area contributed by atoms with E-state index in [9.17, 15) is 9.90 Å². The van der Waals surface area contributed by atoms with Crippen LogP contribution in [0.25, 0.3) is 5.65 Å². The molecule has 4 rings (SSSR count). The zero-order chi connectivity index (χ0) is 15.8. The van der Waals surface area contributed by atoms with E-state index >= 15 is 0 Å². The second kappa shape index (κ2) is 5.95. The van der Waals surface area contributed by atoms with Crippen LogP contribution < -0.4 is 0 Å². The van der Waals surface area contributed by atoms with Gasteiger partial charge in [0.15, 0.2) is 11.3 Å². The van der Waals surface area contributed by atoms with Gasteiger partial charge in [-0.1, -0.05) is 38.5 Å². The van der Waals surface area contributed by atoms with E-state index in [2.05, 4.69) is 11.2 Å². The lowest BCUT2D eigenvalue weighted by atomic mass is 9.81. The third-order valence-corrected chi connectivity index (χ3v) is 5.47. The Morgan fingerprint density at radius 3 is 2.57 bits per heavy atom. The van der Waals surface area contributed by atoms with Crippen LogP contribution in [0.4, 0.5) is 0 Å². The highest BCUT2D eigenvalue weighted by atomic mass is 16.4. The first-order chi connectivity index (χ1) is 11.2. The van der Waals surface area contributed by atoms with E-state index in [0.717, 1.165) is 23.7 Å². The van der Waals surface area contributed by atoms with E-state index in [4.69, 9.17) is 4.98 Å². The van der Waals surface area contributed by atoms with E-state index in [0.29, 0.717) is 11.6 Å². The lowest BCUT2D eigenvalue weighted by Gasteiger charge is -2.27. The SMILES string of the molecule is O=C(O)c1cc2nc(CC3CCCCC3)cc(C3CCC3)n2n1. The summed E-state index contributed by atoms with van der Waals surface area (Å²) in [4.78, 5) is 15.9. The molecule has 2 aromatic rings. The Balaban J connectivity index is 1.71. The quantitative estimate of drug-likeness (QED) is 0.931. The van der Waals surface area contributed by atoms with Gasteiger partial charge in [-0.3, -0.25) is 0 Å². The molecule has 5 nitrogen and oxygen atoms in total. The molecule has 0 aromatic carbocycles.